The zero-order valence-corrected chi connectivity index (χ0v) is 19.4. The van der Waals surface area contributed by atoms with Crippen LogP contribution in [0.15, 0.2) is 60.8 Å². The Morgan fingerprint density at radius 2 is 1.75 bits per heavy atom. The Hall–Kier alpha value is -4.73. The standard InChI is InChI=1S/C26H22N6O4/c1-15-3-5-16(6-4-15)22-28-19-9-8-18(13-20(19)29-22)36-21-10-7-17(14-27-21)32-12-2-11-26(32)23(33)30-25(35)31-24(26)34/h3-10,13-14H,2,11-12H2,1H3,(H,28,29)(H2,30,31,33,34,35). The minimum atomic E-state index is -1.46. The maximum Gasteiger partial charge on any atom is 0.328 e. The normalized spacial score (nSPS) is 16.9. The average molecular weight is 483 g/mol. The number of fused-ring (bicyclic) bond motifs is 1. The molecule has 4 heterocycles. The van der Waals surface area contributed by atoms with Crippen molar-refractivity contribution in [1.82, 2.24) is 25.6 Å². The first-order chi connectivity index (χ1) is 17.4. The molecule has 4 amide bonds. The lowest BCUT2D eigenvalue weighted by Gasteiger charge is -2.38. The fraction of sp³-hybridized carbons (Fsp3) is 0.192. The van der Waals surface area contributed by atoms with Crippen LogP contribution in [0, 0.1) is 6.92 Å². The van der Waals surface area contributed by atoms with Gasteiger partial charge in [-0.25, -0.2) is 14.8 Å². The molecule has 10 nitrogen and oxygen atoms in total. The Labute approximate surface area is 205 Å². The van der Waals surface area contributed by atoms with E-state index in [-0.39, 0.29) is 0 Å². The number of imidazole rings is 1. The van der Waals surface area contributed by atoms with Crippen molar-refractivity contribution in [3.63, 3.8) is 0 Å². The van der Waals surface area contributed by atoms with E-state index in [0.717, 1.165) is 22.4 Å². The molecule has 4 aromatic rings. The third kappa shape index (κ3) is 3.54. The van der Waals surface area contributed by atoms with Gasteiger partial charge in [-0.2, -0.15) is 0 Å². The second-order valence-electron chi connectivity index (χ2n) is 8.94. The quantitative estimate of drug-likeness (QED) is 0.380. The number of hydrogen-bond acceptors (Lipinski definition) is 7. The van der Waals surface area contributed by atoms with Crippen LogP contribution in [0.2, 0.25) is 0 Å². The lowest BCUT2D eigenvalue weighted by Crippen LogP contribution is -2.71. The highest BCUT2D eigenvalue weighted by Crippen LogP contribution is 2.36. The van der Waals surface area contributed by atoms with Crippen LogP contribution in [0.4, 0.5) is 10.5 Å². The molecule has 0 atom stereocenters. The van der Waals surface area contributed by atoms with Crippen LogP contribution < -0.4 is 20.3 Å². The Kier molecular flexibility index (Phi) is 4.96. The topological polar surface area (TPSA) is 129 Å². The molecule has 1 spiro atoms. The van der Waals surface area contributed by atoms with Crippen molar-refractivity contribution < 1.29 is 19.1 Å². The number of hydrogen-bond donors (Lipinski definition) is 3. The lowest BCUT2D eigenvalue weighted by atomic mass is 9.92. The number of H-pyrrole nitrogens is 1. The number of nitrogens with one attached hydrogen (secondary N) is 3. The molecular formula is C26H22N6O4. The van der Waals surface area contributed by atoms with Crippen LogP contribution in [0.1, 0.15) is 18.4 Å². The van der Waals surface area contributed by atoms with E-state index < -0.39 is 23.4 Å². The van der Waals surface area contributed by atoms with E-state index in [1.807, 2.05) is 49.4 Å². The molecule has 180 valence electrons. The third-order valence-corrected chi connectivity index (χ3v) is 6.62. The maximum absolute atomic E-state index is 12.7. The first kappa shape index (κ1) is 21.8. The SMILES string of the molecule is Cc1ccc(-c2nc3ccc(Oc4ccc(N5CCCC56C(=O)NC(=O)NC6=O)cn4)cc3[nH]2)cc1. The van der Waals surface area contributed by atoms with Crippen molar-refractivity contribution >= 4 is 34.6 Å². The minimum Gasteiger partial charge on any atom is -0.439 e. The van der Waals surface area contributed by atoms with Gasteiger partial charge in [-0.05, 0) is 38.0 Å². The number of aryl methyl sites for hydroxylation is 1. The van der Waals surface area contributed by atoms with Crippen molar-refractivity contribution in [2.45, 2.75) is 25.3 Å². The number of benzene rings is 2. The van der Waals surface area contributed by atoms with Crippen molar-refractivity contribution in [3.05, 3.63) is 66.4 Å². The molecule has 10 heteroatoms. The summed E-state index contributed by atoms with van der Waals surface area (Å²) < 4.78 is 5.95. The summed E-state index contributed by atoms with van der Waals surface area (Å²) in [6.07, 6.45) is 2.50. The highest BCUT2D eigenvalue weighted by Gasteiger charge is 2.57. The number of pyridine rings is 1. The molecule has 2 saturated heterocycles. The Morgan fingerprint density at radius 3 is 2.47 bits per heavy atom. The molecule has 3 N–H and O–H groups in total. The van der Waals surface area contributed by atoms with Crippen LogP contribution >= 0.6 is 0 Å². The number of carbonyl (C=O) groups is 3. The van der Waals surface area contributed by atoms with Gasteiger partial charge in [0.25, 0.3) is 11.8 Å². The average Bonchev–Trinajstić information content (AvgIpc) is 3.49. The second-order valence-corrected chi connectivity index (χ2v) is 8.94. The number of barbiturate groups is 1. The second kappa shape index (κ2) is 8.19. The summed E-state index contributed by atoms with van der Waals surface area (Å²) in [6, 6.07) is 16.3. The van der Waals surface area contributed by atoms with Gasteiger partial charge in [0.05, 0.1) is 22.9 Å². The molecule has 0 radical (unpaired) electrons. The molecule has 2 aliphatic heterocycles. The van der Waals surface area contributed by atoms with Gasteiger partial charge in [0.15, 0.2) is 5.54 Å². The van der Waals surface area contributed by atoms with Crippen LogP contribution in [0.25, 0.3) is 22.4 Å². The number of aromatic nitrogens is 3. The van der Waals surface area contributed by atoms with Crippen molar-refractivity contribution in [1.29, 1.82) is 0 Å². The summed E-state index contributed by atoms with van der Waals surface area (Å²) in [5.41, 5.74) is 2.97. The number of anilines is 1. The van der Waals surface area contributed by atoms with E-state index in [9.17, 15) is 14.4 Å². The van der Waals surface area contributed by atoms with E-state index in [2.05, 4.69) is 25.6 Å². The van der Waals surface area contributed by atoms with E-state index in [1.165, 1.54) is 5.56 Å². The molecule has 0 aliphatic carbocycles. The van der Waals surface area contributed by atoms with Crippen LogP contribution in [-0.2, 0) is 9.59 Å². The summed E-state index contributed by atoms with van der Waals surface area (Å²) in [5, 5.41) is 4.42. The number of aromatic amines is 1. The maximum atomic E-state index is 12.7. The van der Waals surface area contributed by atoms with E-state index in [4.69, 9.17) is 4.74 Å². The molecule has 0 bridgehead atoms. The van der Waals surface area contributed by atoms with Crippen molar-refractivity contribution in [3.8, 4) is 23.0 Å². The van der Waals surface area contributed by atoms with Crippen LogP contribution in [0.5, 0.6) is 11.6 Å². The first-order valence-corrected chi connectivity index (χ1v) is 11.6. The van der Waals surface area contributed by atoms with E-state index >= 15 is 0 Å². The fourth-order valence-electron chi connectivity index (χ4n) is 4.80. The van der Waals surface area contributed by atoms with Gasteiger partial charge in [0, 0.05) is 24.2 Å². The Bertz CT molecular complexity index is 1490. The van der Waals surface area contributed by atoms with Crippen molar-refractivity contribution in [2.75, 3.05) is 11.4 Å². The number of rotatable bonds is 4. The molecule has 6 rings (SSSR count). The van der Waals surface area contributed by atoms with Crippen LogP contribution in [-0.4, -0.2) is 44.9 Å². The highest BCUT2D eigenvalue weighted by atomic mass is 16.5. The molecule has 36 heavy (non-hydrogen) atoms. The zero-order valence-electron chi connectivity index (χ0n) is 19.4. The first-order valence-electron chi connectivity index (χ1n) is 11.6. The molecule has 0 unspecified atom stereocenters. The summed E-state index contributed by atoms with van der Waals surface area (Å²) in [4.78, 5) is 50.9. The smallest absolute Gasteiger partial charge is 0.328 e. The van der Waals surface area contributed by atoms with Gasteiger partial charge < -0.3 is 14.6 Å². The van der Waals surface area contributed by atoms with Crippen LogP contribution in [0.3, 0.4) is 0 Å². The number of ether oxygens (including phenoxy) is 1. The predicted molar refractivity (Wildman–Crippen MR) is 132 cm³/mol. The Balaban J connectivity index is 1.22. The zero-order chi connectivity index (χ0) is 24.9. The lowest BCUT2D eigenvalue weighted by molar-refractivity contribution is -0.137. The van der Waals surface area contributed by atoms with Gasteiger partial charge in [0.2, 0.25) is 5.88 Å². The fourth-order valence-corrected chi connectivity index (χ4v) is 4.80. The Morgan fingerprint density at radius 1 is 0.972 bits per heavy atom. The number of amides is 4. The van der Waals surface area contributed by atoms with Crippen molar-refractivity contribution in [2.24, 2.45) is 0 Å². The highest BCUT2D eigenvalue weighted by molar-refractivity contribution is 6.24. The molecule has 2 aromatic carbocycles. The molecule has 2 fully saturated rings. The van der Waals surface area contributed by atoms with Gasteiger partial charge in [-0.3, -0.25) is 20.2 Å². The van der Waals surface area contributed by atoms with Gasteiger partial charge in [0.1, 0.15) is 11.6 Å². The van der Waals surface area contributed by atoms with E-state index in [0.29, 0.717) is 36.7 Å². The van der Waals surface area contributed by atoms with Gasteiger partial charge in [-0.1, -0.05) is 29.8 Å². The summed E-state index contributed by atoms with van der Waals surface area (Å²) in [6.45, 7) is 2.53. The molecule has 2 aromatic heterocycles. The molecular weight excluding hydrogens is 460 g/mol. The third-order valence-electron chi connectivity index (χ3n) is 6.62. The number of carbonyl (C=O) groups excluding carboxylic acids is 3. The predicted octanol–water partition coefficient (Wildman–Crippen LogP) is 3.43. The van der Waals surface area contributed by atoms with Gasteiger partial charge >= 0.3 is 6.03 Å². The van der Waals surface area contributed by atoms with Gasteiger partial charge in [-0.15, -0.1) is 0 Å². The summed E-state index contributed by atoms with van der Waals surface area (Å²) in [7, 11) is 0. The number of nitrogens with zero attached hydrogens (tertiary/aromatic N) is 3. The number of urea groups is 1. The largest absolute Gasteiger partial charge is 0.439 e. The summed E-state index contributed by atoms with van der Waals surface area (Å²) >= 11 is 0. The van der Waals surface area contributed by atoms with E-state index in [1.54, 1.807) is 23.2 Å². The number of imide groups is 2. The molecule has 2 aliphatic rings. The summed E-state index contributed by atoms with van der Waals surface area (Å²) in [5.74, 6) is 0.488. The monoisotopic (exact) mass is 482 g/mol. The molecule has 0 saturated carbocycles. The minimum absolute atomic E-state index is 0.310.